The second-order valence-electron chi connectivity index (χ2n) is 7.21. The molecule has 5 rings (SSSR count). The number of aryl methyl sites for hydroxylation is 2. The molecule has 2 amide bonds. The van der Waals surface area contributed by atoms with Crippen LogP contribution in [-0.4, -0.2) is 21.9 Å². The van der Waals surface area contributed by atoms with Gasteiger partial charge in [0, 0.05) is 21.8 Å². The first-order valence-corrected chi connectivity index (χ1v) is 11.4. The summed E-state index contributed by atoms with van der Waals surface area (Å²) in [6.07, 6.45) is 5.46. The number of halogens is 2. The van der Waals surface area contributed by atoms with Gasteiger partial charge in [0.15, 0.2) is 6.61 Å². The molecule has 3 aromatic rings. The lowest BCUT2D eigenvalue weighted by Gasteiger charge is -2.20. The molecule has 2 aliphatic rings. The van der Waals surface area contributed by atoms with Crippen molar-refractivity contribution in [1.82, 2.24) is 4.98 Å². The zero-order chi connectivity index (χ0) is 22.7. The molecule has 3 N–H and O–H groups in total. The van der Waals surface area contributed by atoms with Gasteiger partial charge in [0.05, 0.1) is 17.6 Å². The molecular weight excluding hydrogens is 546 g/mol. The summed E-state index contributed by atoms with van der Waals surface area (Å²) >= 11 is 6.73. The highest BCUT2D eigenvalue weighted by Crippen LogP contribution is 2.36. The molecule has 0 aliphatic carbocycles. The Balaban J connectivity index is 0.000000165. The number of rotatable bonds is 3. The molecule has 0 saturated heterocycles. The standard InChI is InChI=1S/C13H11BrN2O3.C9H8BrNO2/c14-9-5-8-1-2-11(17)16-13(8)10(6-9)19-7-12-15-3-4-18-12;10-6-3-5-1-2-8(13)11-9(5)7(12)4-6/h3-6H,1-2,7H2,(H,16,17);3-4,12H,1-2H2,(H,11,13). The van der Waals surface area contributed by atoms with Crippen LogP contribution in [0.25, 0.3) is 0 Å². The van der Waals surface area contributed by atoms with E-state index in [2.05, 4.69) is 47.5 Å². The van der Waals surface area contributed by atoms with E-state index in [1.54, 1.807) is 12.3 Å². The molecule has 0 radical (unpaired) electrons. The summed E-state index contributed by atoms with van der Waals surface area (Å²) in [5.41, 5.74) is 3.34. The van der Waals surface area contributed by atoms with Crippen molar-refractivity contribution in [2.24, 2.45) is 0 Å². The van der Waals surface area contributed by atoms with Crippen LogP contribution in [0.2, 0.25) is 0 Å². The average molecular weight is 565 g/mol. The highest BCUT2D eigenvalue weighted by Gasteiger charge is 2.20. The number of phenolic OH excluding ortho intramolecular Hbond substituents is 1. The van der Waals surface area contributed by atoms with Crippen molar-refractivity contribution >= 4 is 55.0 Å². The molecule has 0 unspecified atom stereocenters. The molecule has 8 nitrogen and oxygen atoms in total. The first-order chi connectivity index (χ1) is 15.4. The van der Waals surface area contributed by atoms with Gasteiger partial charge in [0.1, 0.15) is 17.8 Å². The van der Waals surface area contributed by atoms with Gasteiger partial charge in [-0.15, -0.1) is 0 Å². The van der Waals surface area contributed by atoms with E-state index in [4.69, 9.17) is 9.15 Å². The van der Waals surface area contributed by atoms with Gasteiger partial charge in [-0.25, -0.2) is 4.98 Å². The molecule has 2 aromatic carbocycles. The highest BCUT2D eigenvalue weighted by molar-refractivity contribution is 9.10. The Labute approximate surface area is 200 Å². The number of nitrogens with zero attached hydrogens (tertiary/aromatic N) is 1. The Morgan fingerprint density at radius 1 is 0.938 bits per heavy atom. The molecule has 0 fully saturated rings. The van der Waals surface area contributed by atoms with Gasteiger partial charge in [-0.05, 0) is 48.2 Å². The predicted molar refractivity (Wildman–Crippen MR) is 125 cm³/mol. The fraction of sp³-hybridized carbons (Fsp3) is 0.227. The number of benzene rings is 2. The monoisotopic (exact) mass is 563 g/mol. The van der Waals surface area contributed by atoms with E-state index in [0.29, 0.717) is 36.6 Å². The third kappa shape index (κ3) is 5.31. The molecule has 0 spiro atoms. The summed E-state index contributed by atoms with van der Waals surface area (Å²) < 4.78 is 12.5. The van der Waals surface area contributed by atoms with Crippen molar-refractivity contribution in [3.05, 3.63) is 62.7 Å². The van der Waals surface area contributed by atoms with E-state index in [1.807, 2.05) is 18.2 Å². The van der Waals surface area contributed by atoms with Crippen molar-refractivity contribution in [3.63, 3.8) is 0 Å². The van der Waals surface area contributed by atoms with Crippen LogP contribution in [0.1, 0.15) is 29.9 Å². The topological polar surface area (TPSA) is 114 Å². The van der Waals surface area contributed by atoms with Crippen molar-refractivity contribution in [2.45, 2.75) is 32.3 Å². The summed E-state index contributed by atoms with van der Waals surface area (Å²) in [6, 6.07) is 7.30. The summed E-state index contributed by atoms with van der Waals surface area (Å²) in [7, 11) is 0. The molecule has 3 heterocycles. The van der Waals surface area contributed by atoms with Crippen molar-refractivity contribution < 1.29 is 23.8 Å². The van der Waals surface area contributed by atoms with Crippen LogP contribution in [-0.2, 0) is 29.0 Å². The van der Waals surface area contributed by atoms with E-state index in [9.17, 15) is 14.7 Å². The molecule has 0 atom stereocenters. The number of phenols is 1. The number of aromatic hydroxyl groups is 1. The smallest absolute Gasteiger partial charge is 0.232 e. The number of carbonyl (C=O) groups is 2. The second-order valence-corrected chi connectivity index (χ2v) is 9.04. The molecule has 1 aromatic heterocycles. The number of oxazole rings is 1. The fourth-order valence-corrected chi connectivity index (χ4v) is 4.42. The Morgan fingerprint density at radius 2 is 1.56 bits per heavy atom. The van der Waals surface area contributed by atoms with E-state index in [1.165, 1.54) is 6.26 Å². The summed E-state index contributed by atoms with van der Waals surface area (Å²) in [6.45, 7) is 0.228. The predicted octanol–water partition coefficient (Wildman–Crippen LogP) is 4.94. The van der Waals surface area contributed by atoms with E-state index >= 15 is 0 Å². The summed E-state index contributed by atoms with van der Waals surface area (Å²) in [5.74, 6) is 1.21. The van der Waals surface area contributed by atoms with E-state index in [0.717, 1.165) is 32.2 Å². The van der Waals surface area contributed by atoms with Gasteiger partial charge in [-0.3, -0.25) is 9.59 Å². The van der Waals surface area contributed by atoms with Gasteiger partial charge >= 0.3 is 0 Å². The molecule has 0 bridgehead atoms. The Kier molecular flexibility index (Phi) is 6.80. The SMILES string of the molecule is O=C1CCc2cc(Br)cc(O)c2N1.O=C1CCc2cc(Br)cc(OCc3ncco3)c2N1. The number of hydrogen-bond donors (Lipinski definition) is 3. The number of carbonyl (C=O) groups excluding carboxylic acids is 2. The largest absolute Gasteiger partial charge is 0.506 e. The lowest BCUT2D eigenvalue weighted by molar-refractivity contribution is -0.117. The third-order valence-corrected chi connectivity index (χ3v) is 5.83. The minimum Gasteiger partial charge on any atom is -0.506 e. The molecule has 2 aliphatic heterocycles. The lowest BCUT2D eigenvalue weighted by atomic mass is 10.0. The van der Waals surface area contributed by atoms with Gasteiger partial charge in [-0.1, -0.05) is 31.9 Å². The first kappa shape index (κ1) is 22.3. The molecular formula is C22H19Br2N3O5. The molecule has 10 heteroatoms. The zero-order valence-corrected chi connectivity index (χ0v) is 20.0. The van der Waals surface area contributed by atoms with Crippen LogP contribution in [0.3, 0.4) is 0 Å². The van der Waals surface area contributed by atoms with Crippen LogP contribution in [0.15, 0.2) is 50.1 Å². The third-order valence-electron chi connectivity index (χ3n) is 4.92. The first-order valence-electron chi connectivity index (χ1n) is 9.83. The molecule has 166 valence electrons. The maximum Gasteiger partial charge on any atom is 0.232 e. The van der Waals surface area contributed by atoms with Crippen LogP contribution >= 0.6 is 31.9 Å². The van der Waals surface area contributed by atoms with Gasteiger partial charge in [0.2, 0.25) is 17.7 Å². The molecule has 0 saturated carbocycles. The Hall–Kier alpha value is -2.85. The van der Waals surface area contributed by atoms with E-state index < -0.39 is 0 Å². The van der Waals surface area contributed by atoms with Crippen molar-refractivity contribution in [2.75, 3.05) is 10.6 Å². The number of nitrogens with one attached hydrogen (secondary N) is 2. The summed E-state index contributed by atoms with van der Waals surface area (Å²) in [4.78, 5) is 26.5. The Bertz CT molecular complexity index is 1160. The molecule has 32 heavy (non-hydrogen) atoms. The lowest BCUT2D eigenvalue weighted by Crippen LogP contribution is -2.19. The number of fused-ring (bicyclic) bond motifs is 2. The second kappa shape index (κ2) is 9.74. The van der Waals surface area contributed by atoms with Crippen molar-refractivity contribution in [1.29, 1.82) is 0 Å². The van der Waals surface area contributed by atoms with Crippen LogP contribution in [0.4, 0.5) is 11.4 Å². The zero-order valence-electron chi connectivity index (χ0n) is 16.8. The van der Waals surface area contributed by atoms with Crippen molar-refractivity contribution in [3.8, 4) is 11.5 Å². The van der Waals surface area contributed by atoms with Gasteiger partial charge < -0.3 is 24.9 Å². The number of ether oxygens (including phenoxy) is 1. The Morgan fingerprint density at radius 3 is 2.22 bits per heavy atom. The highest BCUT2D eigenvalue weighted by atomic mass is 79.9. The van der Waals surface area contributed by atoms with Gasteiger partial charge in [-0.2, -0.15) is 0 Å². The average Bonchev–Trinajstić information content (AvgIpc) is 3.27. The van der Waals surface area contributed by atoms with Gasteiger partial charge in [0.25, 0.3) is 0 Å². The normalized spacial score (nSPS) is 14.3. The maximum absolute atomic E-state index is 11.5. The van der Waals surface area contributed by atoms with Crippen LogP contribution in [0, 0.1) is 0 Å². The maximum atomic E-state index is 11.5. The van der Waals surface area contributed by atoms with E-state index in [-0.39, 0.29) is 24.2 Å². The van der Waals surface area contributed by atoms with Crippen LogP contribution < -0.4 is 15.4 Å². The number of amides is 2. The number of hydrogen-bond acceptors (Lipinski definition) is 6. The fourth-order valence-electron chi connectivity index (χ4n) is 3.44. The number of anilines is 2. The number of aromatic nitrogens is 1. The van der Waals surface area contributed by atoms with Crippen LogP contribution in [0.5, 0.6) is 11.5 Å². The minimum atomic E-state index is -0.0369. The minimum absolute atomic E-state index is 0.01000. The summed E-state index contributed by atoms with van der Waals surface area (Å²) in [5, 5.41) is 15.0. The quantitative estimate of drug-likeness (QED) is 0.388.